The molecule has 0 atom stereocenters. The Hall–Kier alpha value is -3.86. The van der Waals surface area contributed by atoms with E-state index in [0.717, 1.165) is 41.3 Å². The molecular weight excluding hydrogens is 466 g/mol. The minimum absolute atomic E-state index is 0.0109. The quantitative estimate of drug-likeness (QED) is 0.279. The molecule has 3 rings (SSSR count). The fourth-order valence-corrected chi connectivity index (χ4v) is 3.15. The molecule has 0 aromatic heterocycles. The van der Waals surface area contributed by atoms with E-state index in [0.29, 0.717) is 6.07 Å². The second kappa shape index (κ2) is 9.56. The average Bonchev–Trinajstić information content (AvgIpc) is 2.81. The standard InChI is InChI=1S/C23H16F6N2O3/c24-22(25,26)17-5-1-3-14(11-17)13-31(19-9-7-15(8-10-19)20(32)30-34)21(33)16-4-2-6-18(12-16)23(27,28)29/h1-12,34H,13H2,(H,30,32). The van der Waals surface area contributed by atoms with E-state index in [9.17, 15) is 35.9 Å². The third kappa shape index (κ3) is 5.73. The first-order valence-electron chi connectivity index (χ1n) is 9.60. The maximum atomic E-state index is 13.2. The second-order valence-corrected chi connectivity index (χ2v) is 7.16. The Morgan fingerprint density at radius 1 is 0.765 bits per heavy atom. The predicted molar refractivity (Wildman–Crippen MR) is 109 cm³/mol. The number of rotatable bonds is 5. The average molecular weight is 482 g/mol. The summed E-state index contributed by atoms with van der Waals surface area (Å²) in [5.41, 5.74) is -0.730. The van der Waals surface area contributed by atoms with Gasteiger partial charge in [-0.25, -0.2) is 5.48 Å². The van der Waals surface area contributed by atoms with Crippen molar-refractivity contribution >= 4 is 17.5 Å². The molecule has 0 fully saturated rings. The molecule has 2 N–H and O–H groups in total. The number of hydrogen-bond donors (Lipinski definition) is 2. The van der Waals surface area contributed by atoms with Crippen LogP contribution in [0.25, 0.3) is 0 Å². The van der Waals surface area contributed by atoms with Gasteiger partial charge in [0.2, 0.25) is 0 Å². The summed E-state index contributed by atoms with van der Waals surface area (Å²) in [6.07, 6.45) is -9.34. The van der Waals surface area contributed by atoms with Gasteiger partial charge in [0.25, 0.3) is 11.8 Å². The number of amides is 2. The molecule has 0 heterocycles. The maximum Gasteiger partial charge on any atom is 0.416 e. The van der Waals surface area contributed by atoms with Crippen molar-refractivity contribution in [1.82, 2.24) is 5.48 Å². The van der Waals surface area contributed by atoms with E-state index in [-0.39, 0.29) is 22.4 Å². The van der Waals surface area contributed by atoms with Crippen molar-refractivity contribution in [2.75, 3.05) is 4.90 Å². The molecular formula is C23H16F6N2O3. The number of hydrogen-bond acceptors (Lipinski definition) is 3. The highest BCUT2D eigenvalue weighted by atomic mass is 19.4. The zero-order chi connectivity index (χ0) is 25.1. The van der Waals surface area contributed by atoms with Crippen LogP contribution < -0.4 is 10.4 Å². The molecule has 0 aliphatic heterocycles. The Morgan fingerprint density at radius 3 is 1.88 bits per heavy atom. The van der Waals surface area contributed by atoms with E-state index in [1.54, 1.807) is 0 Å². The van der Waals surface area contributed by atoms with Crippen LogP contribution in [0.2, 0.25) is 0 Å². The van der Waals surface area contributed by atoms with Gasteiger partial charge >= 0.3 is 12.4 Å². The van der Waals surface area contributed by atoms with Crippen LogP contribution >= 0.6 is 0 Å². The van der Waals surface area contributed by atoms with Gasteiger partial charge in [-0.1, -0.05) is 18.2 Å². The molecule has 0 radical (unpaired) electrons. The lowest BCUT2D eigenvalue weighted by Crippen LogP contribution is -2.31. The normalized spacial score (nSPS) is 11.7. The van der Waals surface area contributed by atoms with Crippen molar-refractivity contribution in [1.29, 1.82) is 0 Å². The summed E-state index contributed by atoms with van der Waals surface area (Å²) in [7, 11) is 0. The minimum atomic E-state index is -4.71. The summed E-state index contributed by atoms with van der Waals surface area (Å²) in [4.78, 5) is 25.7. The molecule has 0 saturated carbocycles. The maximum absolute atomic E-state index is 13.2. The van der Waals surface area contributed by atoms with Gasteiger partial charge in [0, 0.05) is 16.8 Å². The van der Waals surface area contributed by atoms with Crippen LogP contribution in [0.15, 0.2) is 72.8 Å². The number of nitrogens with one attached hydrogen (secondary N) is 1. The van der Waals surface area contributed by atoms with Crippen molar-refractivity contribution in [3.63, 3.8) is 0 Å². The number of anilines is 1. The van der Waals surface area contributed by atoms with E-state index in [1.165, 1.54) is 35.8 Å². The molecule has 2 amide bonds. The summed E-state index contributed by atoms with van der Waals surface area (Å²) in [6.45, 7) is -0.398. The van der Waals surface area contributed by atoms with Crippen LogP contribution in [0.3, 0.4) is 0 Å². The van der Waals surface area contributed by atoms with Crippen molar-refractivity contribution < 1.29 is 41.1 Å². The Kier molecular flexibility index (Phi) is 6.96. The van der Waals surface area contributed by atoms with Gasteiger partial charge in [-0.15, -0.1) is 0 Å². The fourth-order valence-electron chi connectivity index (χ4n) is 3.15. The largest absolute Gasteiger partial charge is 0.416 e. The van der Waals surface area contributed by atoms with Gasteiger partial charge in [-0.05, 0) is 60.2 Å². The summed E-state index contributed by atoms with van der Waals surface area (Å²) < 4.78 is 78.7. The van der Waals surface area contributed by atoms with E-state index in [4.69, 9.17) is 5.21 Å². The van der Waals surface area contributed by atoms with Crippen LogP contribution in [0, 0.1) is 0 Å². The first-order valence-corrected chi connectivity index (χ1v) is 9.60. The van der Waals surface area contributed by atoms with Gasteiger partial charge in [-0.3, -0.25) is 14.8 Å². The van der Waals surface area contributed by atoms with E-state index in [1.807, 2.05) is 0 Å². The van der Waals surface area contributed by atoms with Crippen molar-refractivity contribution in [3.8, 4) is 0 Å². The van der Waals surface area contributed by atoms with Crippen LogP contribution in [0.1, 0.15) is 37.4 Å². The second-order valence-electron chi connectivity index (χ2n) is 7.16. The highest BCUT2D eigenvalue weighted by Crippen LogP contribution is 2.32. The summed E-state index contributed by atoms with van der Waals surface area (Å²) in [5.74, 6) is -1.75. The van der Waals surface area contributed by atoms with Crippen LogP contribution in [0.4, 0.5) is 32.0 Å². The molecule has 3 aromatic rings. The smallest absolute Gasteiger partial charge is 0.304 e. The number of carbonyl (C=O) groups is 2. The molecule has 11 heteroatoms. The number of nitrogens with zero attached hydrogens (tertiary/aromatic N) is 1. The lowest BCUT2D eigenvalue weighted by Gasteiger charge is -2.24. The molecule has 0 unspecified atom stereocenters. The highest BCUT2D eigenvalue weighted by molar-refractivity contribution is 6.06. The van der Waals surface area contributed by atoms with E-state index in [2.05, 4.69) is 0 Å². The molecule has 178 valence electrons. The first-order chi connectivity index (χ1) is 15.9. The van der Waals surface area contributed by atoms with Crippen LogP contribution in [-0.2, 0) is 18.9 Å². The topological polar surface area (TPSA) is 69.6 Å². The molecule has 0 bridgehead atoms. The van der Waals surface area contributed by atoms with Gasteiger partial charge in [0.05, 0.1) is 17.7 Å². The summed E-state index contributed by atoms with van der Waals surface area (Å²) >= 11 is 0. The Morgan fingerprint density at radius 2 is 1.32 bits per heavy atom. The van der Waals surface area contributed by atoms with Crippen molar-refractivity contribution in [3.05, 3.63) is 101 Å². The number of alkyl halides is 6. The molecule has 0 aliphatic rings. The number of benzene rings is 3. The van der Waals surface area contributed by atoms with Gasteiger partial charge in [-0.2, -0.15) is 26.3 Å². The van der Waals surface area contributed by atoms with E-state index < -0.39 is 41.8 Å². The van der Waals surface area contributed by atoms with Crippen LogP contribution in [-0.4, -0.2) is 17.0 Å². The Bertz CT molecular complexity index is 1190. The summed E-state index contributed by atoms with van der Waals surface area (Å²) in [5, 5.41) is 8.73. The fraction of sp³-hybridized carbons (Fsp3) is 0.130. The minimum Gasteiger partial charge on any atom is -0.304 e. The number of hydroxylamine groups is 1. The Balaban J connectivity index is 2.04. The molecule has 0 spiro atoms. The highest BCUT2D eigenvalue weighted by Gasteiger charge is 2.32. The lowest BCUT2D eigenvalue weighted by molar-refractivity contribution is -0.138. The third-order valence-corrected chi connectivity index (χ3v) is 4.82. The van der Waals surface area contributed by atoms with E-state index >= 15 is 0 Å². The lowest BCUT2D eigenvalue weighted by atomic mass is 10.1. The molecule has 0 aliphatic carbocycles. The zero-order valence-electron chi connectivity index (χ0n) is 17.1. The zero-order valence-corrected chi connectivity index (χ0v) is 17.1. The molecule has 34 heavy (non-hydrogen) atoms. The number of halogens is 6. The van der Waals surface area contributed by atoms with Crippen molar-refractivity contribution in [2.24, 2.45) is 0 Å². The molecule has 3 aromatic carbocycles. The van der Waals surface area contributed by atoms with Crippen LogP contribution in [0.5, 0.6) is 0 Å². The monoisotopic (exact) mass is 482 g/mol. The number of carbonyl (C=O) groups excluding carboxylic acids is 2. The molecule has 0 saturated heterocycles. The third-order valence-electron chi connectivity index (χ3n) is 4.82. The Labute approximate surface area is 189 Å². The predicted octanol–water partition coefficient (Wildman–Crippen LogP) is 5.69. The van der Waals surface area contributed by atoms with Gasteiger partial charge < -0.3 is 4.90 Å². The van der Waals surface area contributed by atoms with Gasteiger partial charge in [0.15, 0.2) is 0 Å². The SMILES string of the molecule is O=C(NO)c1ccc(N(Cc2cccc(C(F)(F)F)c2)C(=O)c2cccc(C(F)(F)F)c2)cc1. The summed E-state index contributed by atoms with van der Waals surface area (Å²) in [6, 6.07) is 12.9. The molecule has 5 nitrogen and oxygen atoms in total. The first kappa shape index (κ1) is 24.8. The van der Waals surface area contributed by atoms with Gasteiger partial charge in [0.1, 0.15) is 0 Å². The van der Waals surface area contributed by atoms with Crippen molar-refractivity contribution in [2.45, 2.75) is 18.9 Å².